The number of hydrogen-bond donors (Lipinski definition) is 1. The van der Waals surface area contributed by atoms with Crippen molar-refractivity contribution in [2.75, 3.05) is 6.61 Å². The van der Waals surface area contributed by atoms with Gasteiger partial charge in [-0.05, 0) is 24.6 Å². The lowest BCUT2D eigenvalue weighted by Gasteiger charge is -2.12. The van der Waals surface area contributed by atoms with Gasteiger partial charge in [-0.1, -0.05) is 36.4 Å². The van der Waals surface area contributed by atoms with Crippen molar-refractivity contribution in [2.24, 2.45) is 0 Å². The summed E-state index contributed by atoms with van der Waals surface area (Å²) in [6, 6.07) is 13.5. The zero-order valence-corrected chi connectivity index (χ0v) is 11.4. The Morgan fingerprint density at radius 3 is 2.29 bits per heavy atom. The lowest BCUT2D eigenvalue weighted by atomic mass is 9.99. The van der Waals surface area contributed by atoms with Crippen molar-refractivity contribution >= 4 is 12.1 Å². The maximum Gasteiger partial charge on any atom is 0.511 e. The summed E-state index contributed by atoms with van der Waals surface area (Å²) in [5.41, 5.74) is 1.44. The van der Waals surface area contributed by atoms with E-state index in [0.717, 1.165) is 0 Å². The molecule has 2 rings (SSSR count). The van der Waals surface area contributed by atoms with Gasteiger partial charge in [0.15, 0.2) is 0 Å². The van der Waals surface area contributed by atoms with Gasteiger partial charge in [0.05, 0.1) is 12.2 Å². The van der Waals surface area contributed by atoms with Crippen LogP contribution in [0.25, 0.3) is 11.1 Å². The number of para-hydroxylation sites is 1. The highest BCUT2D eigenvalue weighted by Gasteiger charge is 2.17. The van der Waals surface area contributed by atoms with Gasteiger partial charge in [0.25, 0.3) is 0 Å². The van der Waals surface area contributed by atoms with Gasteiger partial charge in [0, 0.05) is 5.56 Å². The Kier molecular flexibility index (Phi) is 4.56. The van der Waals surface area contributed by atoms with Gasteiger partial charge < -0.3 is 14.6 Å². The fourth-order valence-electron chi connectivity index (χ4n) is 1.98. The predicted octanol–water partition coefficient (Wildman–Crippen LogP) is 3.59. The normalized spacial score (nSPS) is 9.95. The molecule has 0 amide bonds. The van der Waals surface area contributed by atoms with Crippen molar-refractivity contribution in [3.05, 3.63) is 54.1 Å². The molecule has 0 aliphatic carbocycles. The fourth-order valence-corrected chi connectivity index (χ4v) is 1.98. The molecule has 0 saturated heterocycles. The van der Waals surface area contributed by atoms with E-state index in [9.17, 15) is 9.59 Å². The van der Waals surface area contributed by atoms with Crippen LogP contribution in [0.4, 0.5) is 4.79 Å². The van der Waals surface area contributed by atoms with Crippen LogP contribution in [0.2, 0.25) is 0 Å². The summed E-state index contributed by atoms with van der Waals surface area (Å²) in [6.07, 6.45) is -1.41. The summed E-state index contributed by atoms with van der Waals surface area (Å²) in [7, 11) is 0. The van der Waals surface area contributed by atoms with Crippen molar-refractivity contribution in [3.8, 4) is 16.9 Å². The van der Waals surface area contributed by atoms with E-state index in [1.54, 1.807) is 49.4 Å². The highest BCUT2D eigenvalue weighted by atomic mass is 16.7. The summed E-state index contributed by atoms with van der Waals surface area (Å²) in [6.45, 7) is 1.99. The van der Waals surface area contributed by atoms with Gasteiger partial charge in [0.1, 0.15) is 5.75 Å². The van der Waals surface area contributed by atoms with E-state index in [1.807, 2.05) is 0 Å². The van der Waals surface area contributed by atoms with Crippen LogP contribution in [-0.4, -0.2) is 23.8 Å². The third-order valence-electron chi connectivity index (χ3n) is 2.80. The first-order valence-electron chi connectivity index (χ1n) is 6.39. The number of carbonyl (C=O) groups is 2. The van der Waals surface area contributed by atoms with E-state index in [4.69, 9.17) is 14.6 Å². The number of carboxylic acid groups (broad SMARTS) is 1. The molecular formula is C16H14O5. The second-order valence-electron chi connectivity index (χ2n) is 4.13. The van der Waals surface area contributed by atoms with Gasteiger partial charge in [0.2, 0.25) is 0 Å². The Bertz CT molecular complexity index is 663. The maximum atomic E-state index is 12.0. The predicted molar refractivity (Wildman–Crippen MR) is 76.5 cm³/mol. The smallest absolute Gasteiger partial charge is 0.462 e. The van der Waals surface area contributed by atoms with E-state index in [-0.39, 0.29) is 12.4 Å². The molecular weight excluding hydrogens is 272 g/mol. The minimum atomic E-state index is -1.41. The standard InChI is InChI=1S/C16H14O5/c1-2-20-15(17)13-9-4-3-7-11(13)12-8-5-6-10-14(12)21-16(18)19/h3-10H,2H2,1H3,(H,18,19). The van der Waals surface area contributed by atoms with E-state index in [2.05, 4.69) is 0 Å². The van der Waals surface area contributed by atoms with E-state index in [0.29, 0.717) is 16.7 Å². The minimum Gasteiger partial charge on any atom is -0.462 e. The van der Waals surface area contributed by atoms with Crippen LogP contribution in [-0.2, 0) is 4.74 Å². The number of carbonyl (C=O) groups excluding carboxylic acids is 1. The summed E-state index contributed by atoms with van der Waals surface area (Å²) in [5, 5.41) is 8.79. The number of hydrogen-bond acceptors (Lipinski definition) is 4. The summed E-state index contributed by atoms with van der Waals surface area (Å²) < 4.78 is 9.77. The number of benzene rings is 2. The minimum absolute atomic E-state index is 0.168. The third kappa shape index (κ3) is 3.39. The average molecular weight is 286 g/mol. The Morgan fingerprint density at radius 1 is 1.00 bits per heavy atom. The molecule has 0 heterocycles. The summed E-state index contributed by atoms with van der Waals surface area (Å²) in [4.78, 5) is 22.8. The molecule has 5 nitrogen and oxygen atoms in total. The molecule has 0 saturated carbocycles. The number of rotatable bonds is 4. The second-order valence-corrected chi connectivity index (χ2v) is 4.13. The van der Waals surface area contributed by atoms with E-state index < -0.39 is 12.1 Å². The Hall–Kier alpha value is -2.82. The first-order chi connectivity index (χ1) is 10.1. The molecule has 5 heteroatoms. The molecule has 1 N–H and O–H groups in total. The number of esters is 1. The molecule has 21 heavy (non-hydrogen) atoms. The molecule has 2 aromatic carbocycles. The van der Waals surface area contributed by atoms with Crippen molar-refractivity contribution in [1.29, 1.82) is 0 Å². The Morgan fingerprint density at radius 2 is 1.62 bits per heavy atom. The molecule has 0 fully saturated rings. The van der Waals surface area contributed by atoms with E-state index >= 15 is 0 Å². The molecule has 0 aliphatic heterocycles. The monoisotopic (exact) mass is 286 g/mol. The van der Waals surface area contributed by atoms with E-state index in [1.165, 1.54) is 6.07 Å². The van der Waals surface area contributed by atoms with Gasteiger partial charge in [-0.2, -0.15) is 0 Å². The van der Waals surface area contributed by atoms with Crippen molar-refractivity contribution < 1.29 is 24.2 Å². The van der Waals surface area contributed by atoms with Gasteiger partial charge in [-0.15, -0.1) is 0 Å². The zero-order chi connectivity index (χ0) is 15.2. The van der Waals surface area contributed by atoms with Crippen LogP contribution in [0.15, 0.2) is 48.5 Å². The lowest BCUT2D eigenvalue weighted by molar-refractivity contribution is 0.0527. The van der Waals surface area contributed by atoms with Gasteiger partial charge in [-0.25, -0.2) is 9.59 Å². The molecule has 108 valence electrons. The van der Waals surface area contributed by atoms with Crippen LogP contribution in [0.1, 0.15) is 17.3 Å². The lowest BCUT2D eigenvalue weighted by Crippen LogP contribution is -2.08. The third-order valence-corrected chi connectivity index (χ3v) is 2.80. The van der Waals surface area contributed by atoms with Crippen molar-refractivity contribution in [3.63, 3.8) is 0 Å². The summed E-state index contributed by atoms with van der Waals surface area (Å²) >= 11 is 0. The van der Waals surface area contributed by atoms with Crippen LogP contribution < -0.4 is 4.74 Å². The molecule has 0 spiro atoms. The first-order valence-corrected chi connectivity index (χ1v) is 6.39. The van der Waals surface area contributed by atoms with Crippen LogP contribution in [0.5, 0.6) is 5.75 Å². The van der Waals surface area contributed by atoms with Gasteiger partial charge in [-0.3, -0.25) is 0 Å². The highest BCUT2D eigenvalue weighted by molar-refractivity contribution is 5.98. The second kappa shape index (κ2) is 6.56. The molecule has 0 bridgehead atoms. The molecule has 0 unspecified atom stereocenters. The quantitative estimate of drug-likeness (QED) is 0.687. The van der Waals surface area contributed by atoms with Gasteiger partial charge >= 0.3 is 12.1 Å². The largest absolute Gasteiger partial charge is 0.511 e. The topological polar surface area (TPSA) is 72.8 Å². The van der Waals surface area contributed by atoms with Crippen LogP contribution in [0.3, 0.4) is 0 Å². The molecule has 2 aromatic rings. The average Bonchev–Trinajstić information content (AvgIpc) is 2.47. The zero-order valence-electron chi connectivity index (χ0n) is 11.4. The number of ether oxygens (including phenoxy) is 2. The van der Waals surface area contributed by atoms with Crippen LogP contribution >= 0.6 is 0 Å². The first kappa shape index (κ1) is 14.6. The molecule has 0 atom stereocenters. The maximum absolute atomic E-state index is 12.0. The Labute approximate surface area is 121 Å². The fraction of sp³-hybridized carbons (Fsp3) is 0.125. The Balaban J connectivity index is 2.52. The SMILES string of the molecule is CCOC(=O)c1ccccc1-c1ccccc1OC(=O)O. The van der Waals surface area contributed by atoms with Crippen molar-refractivity contribution in [2.45, 2.75) is 6.92 Å². The van der Waals surface area contributed by atoms with Crippen LogP contribution in [0, 0.1) is 0 Å². The highest BCUT2D eigenvalue weighted by Crippen LogP contribution is 2.32. The molecule has 0 aliphatic rings. The molecule has 0 radical (unpaired) electrons. The molecule has 0 aromatic heterocycles. The van der Waals surface area contributed by atoms with Crippen molar-refractivity contribution in [1.82, 2.24) is 0 Å². The summed E-state index contributed by atoms with van der Waals surface area (Å²) in [5.74, 6) is -0.292.